The third-order valence-corrected chi connectivity index (χ3v) is 6.06. The standard InChI is InChI=1S/C23H16ClN3O7S/c1-33-21-10-7-15(12-22(21)34-35(31,32)18-5-3-2-4-6-18)11-16(14-25)23(28)26-17-8-9-19(24)20(13-17)27(29)30/h2-13H,1H3,(H,26,28)/b16-11+. The third kappa shape index (κ3) is 6.14. The van der Waals surface area contributed by atoms with Gasteiger partial charge in [-0.2, -0.15) is 13.7 Å². The van der Waals surface area contributed by atoms with Gasteiger partial charge >= 0.3 is 10.1 Å². The number of nitriles is 1. The minimum absolute atomic E-state index is 0.0555. The predicted octanol–water partition coefficient (Wildman–Crippen LogP) is 4.57. The molecule has 0 aliphatic rings. The van der Waals surface area contributed by atoms with Crippen molar-refractivity contribution in [1.82, 2.24) is 0 Å². The van der Waals surface area contributed by atoms with Crippen molar-refractivity contribution < 1.29 is 27.1 Å². The summed E-state index contributed by atoms with van der Waals surface area (Å²) in [6.07, 6.45) is 1.20. The van der Waals surface area contributed by atoms with Crippen LogP contribution in [0.3, 0.4) is 0 Å². The van der Waals surface area contributed by atoms with Gasteiger partial charge in [-0.3, -0.25) is 14.9 Å². The summed E-state index contributed by atoms with van der Waals surface area (Å²) in [4.78, 5) is 22.8. The SMILES string of the molecule is COc1ccc(/C=C(\C#N)C(=O)Nc2ccc(Cl)c([N+](=O)[O-])c2)cc1OS(=O)(=O)c1ccccc1. The first-order chi connectivity index (χ1) is 16.6. The number of benzene rings is 3. The van der Waals surface area contributed by atoms with Crippen molar-refractivity contribution in [3.63, 3.8) is 0 Å². The minimum atomic E-state index is -4.18. The zero-order valence-corrected chi connectivity index (χ0v) is 19.5. The van der Waals surface area contributed by atoms with Gasteiger partial charge in [0.1, 0.15) is 21.6 Å². The molecule has 1 amide bonds. The Hall–Kier alpha value is -4.40. The van der Waals surface area contributed by atoms with Crippen LogP contribution in [0.15, 0.2) is 77.2 Å². The highest BCUT2D eigenvalue weighted by Crippen LogP contribution is 2.32. The van der Waals surface area contributed by atoms with E-state index in [0.29, 0.717) is 0 Å². The average molecular weight is 514 g/mol. The highest BCUT2D eigenvalue weighted by atomic mass is 35.5. The Balaban J connectivity index is 1.90. The summed E-state index contributed by atoms with van der Waals surface area (Å²) in [7, 11) is -2.85. The molecule has 0 atom stereocenters. The molecule has 0 saturated heterocycles. The maximum atomic E-state index is 12.6. The molecule has 0 bridgehead atoms. The fourth-order valence-electron chi connectivity index (χ4n) is 2.85. The van der Waals surface area contributed by atoms with Crippen molar-refractivity contribution in [3.05, 3.63) is 93.0 Å². The summed E-state index contributed by atoms with van der Waals surface area (Å²) in [6, 6.07) is 17.0. The number of carbonyl (C=O) groups excluding carboxylic acids is 1. The number of nitrogens with zero attached hydrogens (tertiary/aromatic N) is 2. The molecule has 0 aromatic heterocycles. The zero-order valence-electron chi connectivity index (χ0n) is 18.0. The van der Waals surface area contributed by atoms with Crippen LogP contribution in [0.25, 0.3) is 6.08 Å². The molecule has 1 N–H and O–H groups in total. The number of hydrogen-bond donors (Lipinski definition) is 1. The fourth-order valence-corrected chi connectivity index (χ4v) is 3.99. The van der Waals surface area contributed by atoms with E-state index in [2.05, 4.69) is 5.32 Å². The Kier molecular flexibility index (Phi) is 7.70. The van der Waals surface area contributed by atoms with E-state index in [9.17, 15) is 28.6 Å². The predicted molar refractivity (Wildman–Crippen MR) is 128 cm³/mol. The van der Waals surface area contributed by atoms with Crippen LogP contribution in [0.2, 0.25) is 5.02 Å². The number of hydrogen-bond acceptors (Lipinski definition) is 8. The summed E-state index contributed by atoms with van der Waals surface area (Å²) in [6.45, 7) is 0. The smallest absolute Gasteiger partial charge is 0.339 e. The maximum Gasteiger partial charge on any atom is 0.339 e. The number of amides is 1. The third-order valence-electron chi connectivity index (χ3n) is 4.50. The van der Waals surface area contributed by atoms with Gasteiger partial charge in [0.05, 0.1) is 12.0 Å². The van der Waals surface area contributed by atoms with E-state index in [-0.39, 0.29) is 38.2 Å². The molecule has 0 heterocycles. The fraction of sp³-hybridized carbons (Fsp3) is 0.0435. The first-order valence-corrected chi connectivity index (χ1v) is 11.5. The molecule has 0 spiro atoms. The first kappa shape index (κ1) is 25.2. The Morgan fingerprint density at radius 3 is 2.46 bits per heavy atom. The number of anilines is 1. The lowest BCUT2D eigenvalue weighted by atomic mass is 10.1. The minimum Gasteiger partial charge on any atom is -0.493 e. The molecule has 178 valence electrons. The Bertz CT molecular complexity index is 1470. The van der Waals surface area contributed by atoms with Gasteiger partial charge in [0, 0.05) is 11.8 Å². The molecule has 35 heavy (non-hydrogen) atoms. The molecule has 3 rings (SSSR count). The van der Waals surface area contributed by atoms with E-state index in [1.165, 1.54) is 55.7 Å². The van der Waals surface area contributed by atoms with Crippen LogP contribution in [0.1, 0.15) is 5.56 Å². The number of nitro benzene ring substituents is 1. The first-order valence-electron chi connectivity index (χ1n) is 9.69. The second kappa shape index (κ2) is 10.7. The van der Waals surface area contributed by atoms with Gasteiger partial charge in [-0.05, 0) is 48.0 Å². The molecule has 10 nitrogen and oxygen atoms in total. The topological polar surface area (TPSA) is 149 Å². The molecule has 0 radical (unpaired) electrons. The number of methoxy groups -OCH3 is 1. The van der Waals surface area contributed by atoms with Crippen LogP contribution in [0.5, 0.6) is 11.5 Å². The average Bonchev–Trinajstić information content (AvgIpc) is 2.84. The van der Waals surface area contributed by atoms with E-state index in [0.717, 1.165) is 6.07 Å². The summed E-state index contributed by atoms with van der Waals surface area (Å²) in [5.41, 5.74) is -0.453. The molecule has 3 aromatic rings. The van der Waals surface area contributed by atoms with Crippen molar-refractivity contribution in [1.29, 1.82) is 5.26 Å². The molecule has 3 aromatic carbocycles. The monoisotopic (exact) mass is 513 g/mol. The molecule has 0 fully saturated rings. The van der Waals surface area contributed by atoms with E-state index in [1.54, 1.807) is 24.3 Å². The van der Waals surface area contributed by atoms with E-state index in [1.807, 2.05) is 0 Å². The molecule has 0 aliphatic carbocycles. The summed E-state index contributed by atoms with van der Waals surface area (Å²) < 4.78 is 35.6. The van der Waals surface area contributed by atoms with Gasteiger partial charge in [-0.25, -0.2) is 0 Å². The van der Waals surface area contributed by atoms with E-state index in [4.69, 9.17) is 20.5 Å². The number of nitro groups is 1. The van der Waals surface area contributed by atoms with Gasteiger partial charge in [-0.15, -0.1) is 0 Å². The number of ether oxygens (including phenoxy) is 1. The summed E-state index contributed by atoms with van der Waals surface area (Å²) >= 11 is 5.77. The Labute approximate surface area is 205 Å². The van der Waals surface area contributed by atoms with Crippen LogP contribution >= 0.6 is 11.6 Å². The van der Waals surface area contributed by atoms with Crippen molar-refractivity contribution in [2.45, 2.75) is 4.90 Å². The number of carbonyl (C=O) groups is 1. The van der Waals surface area contributed by atoms with Crippen molar-refractivity contribution in [3.8, 4) is 17.6 Å². The van der Waals surface area contributed by atoms with Crippen molar-refractivity contribution in [2.75, 3.05) is 12.4 Å². The van der Waals surface area contributed by atoms with Crippen LogP contribution in [0, 0.1) is 21.4 Å². The van der Waals surface area contributed by atoms with Crippen LogP contribution < -0.4 is 14.2 Å². The van der Waals surface area contributed by atoms with Gasteiger partial charge in [0.2, 0.25) is 0 Å². The van der Waals surface area contributed by atoms with Gasteiger partial charge in [0.15, 0.2) is 11.5 Å². The zero-order chi connectivity index (χ0) is 25.6. The summed E-state index contributed by atoms with van der Waals surface area (Å²) in [5.74, 6) is -0.895. The quantitative estimate of drug-likeness (QED) is 0.151. The normalized spacial score (nSPS) is 11.3. The molecular formula is C23H16ClN3O7S. The second-order valence-electron chi connectivity index (χ2n) is 6.81. The Morgan fingerprint density at radius 1 is 1.11 bits per heavy atom. The van der Waals surface area contributed by atoms with Gasteiger partial charge < -0.3 is 14.2 Å². The lowest BCUT2D eigenvalue weighted by molar-refractivity contribution is -0.384. The highest BCUT2D eigenvalue weighted by Gasteiger charge is 2.20. The number of nitrogens with one attached hydrogen (secondary N) is 1. The van der Waals surface area contributed by atoms with Gasteiger partial charge in [0.25, 0.3) is 11.6 Å². The lowest BCUT2D eigenvalue weighted by Crippen LogP contribution is -2.13. The van der Waals surface area contributed by atoms with Crippen LogP contribution in [-0.4, -0.2) is 26.4 Å². The largest absolute Gasteiger partial charge is 0.493 e. The van der Waals surface area contributed by atoms with Gasteiger partial charge in [-0.1, -0.05) is 35.9 Å². The van der Waals surface area contributed by atoms with Crippen LogP contribution in [0.4, 0.5) is 11.4 Å². The van der Waals surface area contributed by atoms with Crippen LogP contribution in [-0.2, 0) is 14.9 Å². The molecular weight excluding hydrogens is 498 g/mol. The molecule has 12 heteroatoms. The van der Waals surface area contributed by atoms with Crippen molar-refractivity contribution >= 4 is 45.1 Å². The second-order valence-corrected chi connectivity index (χ2v) is 8.76. The number of rotatable bonds is 8. The van der Waals surface area contributed by atoms with E-state index >= 15 is 0 Å². The van der Waals surface area contributed by atoms with Crippen molar-refractivity contribution in [2.24, 2.45) is 0 Å². The highest BCUT2D eigenvalue weighted by molar-refractivity contribution is 7.87. The van der Waals surface area contributed by atoms with E-state index < -0.39 is 26.6 Å². The maximum absolute atomic E-state index is 12.6. The lowest BCUT2D eigenvalue weighted by Gasteiger charge is -2.11. The molecule has 0 unspecified atom stereocenters. The molecule has 0 aliphatic heterocycles. The molecule has 0 saturated carbocycles. The summed E-state index contributed by atoms with van der Waals surface area (Å²) in [5, 5.41) is 22.8. The Morgan fingerprint density at radius 2 is 1.83 bits per heavy atom. The number of halogens is 1.